The van der Waals surface area contributed by atoms with Gasteiger partial charge in [-0.25, -0.2) is 0 Å². The first-order valence-electron chi connectivity index (χ1n) is 7.23. The molecule has 0 radical (unpaired) electrons. The minimum atomic E-state index is -4.89. The molecule has 4 nitrogen and oxygen atoms in total. The molecule has 24 heavy (non-hydrogen) atoms. The predicted molar refractivity (Wildman–Crippen MR) is 84.0 cm³/mol. The summed E-state index contributed by atoms with van der Waals surface area (Å²) in [6.45, 7) is 2.98. The first-order chi connectivity index (χ1) is 11.2. The van der Waals surface area contributed by atoms with Gasteiger partial charge >= 0.3 is 6.18 Å². The zero-order valence-electron chi connectivity index (χ0n) is 13.0. The van der Waals surface area contributed by atoms with Gasteiger partial charge < -0.3 is 15.7 Å². The van der Waals surface area contributed by atoms with E-state index >= 15 is 0 Å². The molecule has 2 aromatic rings. The molecule has 1 heterocycles. The standard InChI is InChI=1S/C17H15F3N2O2/c1-9-7-11(8-10(2)14(9)23)16(17(18,19)20)15(24)21-12-5-3-4-6-13(12)22-16/h3-8,22-23H,1-2H3,(H,21,24)/t16-/m0/s1. The summed E-state index contributed by atoms with van der Waals surface area (Å²) in [7, 11) is 0. The number of hydrogen-bond acceptors (Lipinski definition) is 3. The Hall–Kier alpha value is -2.70. The van der Waals surface area contributed by atoms with Crippen LogP contribution in [0.25, 0.3) is 0 Å². The summed E-state index contributed by atoms with van der Waals surface area (Å²) in [6, 6.07) is 8.55. The molecule has 3 N–H and O–H groups in total. The molecule has 0 fully saturated rings. The molecule has 0 aromatic heterocycles. The highest BCUT2D eigenvalue weighted by Gasteiger charge is 2.63. The number of alkyl halides is 3. The number of anilines is 2. The van der Waals surface area contributed by atoms with Crippen molar-refractivity contribution in [3.05, 3.63) is 53.1 Å². The molecule has 7 heteroatoms. The number of halogens is 3. The summed E-state index contributed by atoms with van der Waals surface area (Å²) < 4.78 is 42.0. The number of carbonyl (C=O) groups is 1. The molecule has 0 aliphatic carbocycles. The second-order valence-corrected chi connectivity index (χ2v) is 5.83. The zero-order chi connectivity index (χ0) is 17.7. The minimum absolute atomic E-state index is 0.0901. The maximum atomic E-state index is 14.0. The number of aryl methyl sites for hydroxylation is 2. The number of benzene rings is 2. The van der Waals surface area contributed by atoms with Crippen LogP contribution in [0.3, 0.4) is 0 Å². The molecule has 126 valence electrons. The lowest BCUT2D eigenvalue weighted by molar-refractivity contribution is -0.186. The Balaban J connectivity index is 2.27. The van der Waals surface area contributed by atoms with Gasteiger partial charge in [0.15, 0.2) is 0 Å². The average Bonchev–Trinajstić information content (AvgIpc) is 2.50. The van der Waals surface area contributed by atoms with E-state index in [4.69, 9.17) is 0 Å². The second-order valence-electron chi connectivity index (χ2n) is 5.83. The summed E-state index contributed by atoms with van der Waals surface area (Å²) in [5, 5.41) is 14.5. The van der Waals surface area contributed by atoms with E-state index in [1.807, 2.05) is 0 Å². The molecule has 1 aliphatic rings. The third kappa shape index (κ3) is 2.19. The lowest BCUT2D eigenvalue weighted by atomic mass is 9.84. The first-order valence-corrected chi connectivity index (χ1v) is 7.23. The van der Waals surface area contributed by atoms with Gasteiger partial charge in [0.2, 0.25) is 5.54 Å². The van der Waals surface area contributed by atoms with Crippen LogP contribution >= 0.6 is 0 Å². The van der Waals surface area contributed by atoms with Crippen LogP contribution in [0.5, 0.6) is 5.75 Å². The van der Waals surface area contributed by atoms with Crippen molar-refractivity contribution in [2.45, 2.75) is 25.6 Å². The molecule has 0 unspecified atom stereocenters. The van der Waals surface area contributed by atoms with Gasteiger partial charge in [-0.05, 0) is 54.8 Å². The molecule has 3 rings (SSSR count). The summed E-state index contributed by atoms with van der Waals surface area (Å²) in [5.74, 6) is -1.30. The van der Waals surface area contributed by atoms with E-state index in [0.717, 1.165) is 0 Å². The van der Waals surface area contributed by atoms with Crippen molar-refractivity contribution in [1.82, 2.24) is 0 Å². The van der Waals surface area contributed by atoms with Crippen LogP contribution in [0.1, 0.15) is 16.7 Å². The zero-order valence-corrected chi connectivity index (χ0v) is 13.0. The average molecular weight is 336 g/mol. The lowest BCUT2D eigenvalue weighted by Crippen LogP contribution is -2.59. The Morgan fingerprint density at radius 3 is 2.12 bits per heavy atom. The van der Waals surface area contributed by atoms with Crippen LogP contribution in [0, 0.1) is 13.8 Å². The van der Waals surface area contributed by atoms with Crippen molar-refractivity contribution in [1.29, 1.82) is 0 Å². The van der Waals surface area contributed by atoms with Crippen LogP contribution in [0.15, 0.2) is 36.4 Å². The highest BCUT2D eigenvalue weighted by molar-refractivity contribution is 6.07. The van der Waals surface area contributed by atoms with Crippen molar-refractivity contribution in [2.75, 3.05) is 10.6 Å². The van der Waals surface area contributed by atoms with E-state index in [2.05, 4.69) is 10.6 Å². The second kappa shape index (κ2) is 5.15. The van der Waals surface area contributed by atoms with Crippen molar-refractivity contribution < 1.29 is 23.1 Å². The van der Waals surface area contributed by atoms with E-state index in [1.165, 1.54) is 38.1 Å². The summed E-state index contributed by atoms with van der Waals surface area (Å²) >= 11 is 0. The smallest absolute Gasteiger partial charge is 0.424 e. The summed E-state index contributed by atoms with van der Waals surface area (Å²) in [6.07, 6.45) is -4.89. The Morgan fingerprint density at radius 1 is 1.04 bits per heavy atom. The predicted octanol–water partition coefficient (Wildman–Crippen LogP) is 3.83. The highest BCUT2D eigenvalue weighted by Crippen LogP contribution is 2.47. The van der Waals surface area contributed by atoms with Gasteiger partial charge in [0.25, 0.3) is 5.91 Å². The quantitative estimate of drug-likeness (QED) is 0.742. The van der Waals surface area contributed by atoms with Gasteiger partial charge in [0, 0.05) is 0 Å². The van der Waals surface area contributed by atoms with Crippen molar-refractivity contribution in [3.8, 4) is 5.75 Å². The molecule has 1 atom stereocenters. The summed E-state index contributed by atoms with van der Waals surface area (Å²) in [5.41, 5.74) is -2.20. The van der Waals surface area contributed by atoms with Gasteiger partial charge in [0.05, 0.1) is 11.4 Å². The number of phenolic OH excluding ortho intramolecular Hbond substituents is 1. The van der Waals surface area contributed by atoms with Crippen molar-refractivity contribution >= 4 is 17.3 Å². The largest absolute Gasteiger partial charge is 0.507 e. The van der Waals surface area contributed by atoms with E-state index in [0.29, 0.717) is 0 Å². The van der Waals surface area contributed by atoms with Gasteiger partial charge in [-0.3, -0.25) is 4.79 Å². The number of nitrogens with one attached hydrogen (secondary N) is 2. The van der Waals surface area contributed by atoms with Crippen LogP contribution < -0.4 is 10.6 Å². The van der Waals surface area contributed by atoms with Gasteiger partial charge in [-0.2, -0.15) is 13.2 Å². The topological polar surface area (TPSA) is 61.4 Å². The Kier molecular flexibility index (Phi) is 3.47. The molecule has 0 saturated heterocycles. The van der Waals surface area contributed by atoms with E-state index < -0.39 is 17.6 Å². The van der Waals surface area contributed by atoms with E-state index in [1.54, 1.807) is 12.1 Å². The lowest BCUT2D eigenvalue weighted by Gasteiger charge is -2.40. The molecule has 2 aromatic carbocycles. The number of fused-ring (bicyclic) bond motifs is 1. The number of hydrogen-bond donors (Lipinski definition) is 3. The van der Waals surface area contributed by atoms with E-state index in [9.17, 15) is 23.1 Å². The van der Waals surface area contributed by atoms with Crippen LogP contribution in [-0.2, 0) is 10.3 Å². The minimum Gasteiger partial charge on any atom is -0.507 e. The van der Waals surface area contributed by atoms with Crippen LogP contribution in [0.2, 0.25) is 0 Å². The van der Waals surface area contributed by atoms with Gasteiger partial charge in [-0.1, -0.05) is 12.1 Å². The van der Waals surface area contributed by atoms with Crippen LogP contribution in [0.4, 0.5) is 24.5 Å². The van der Waals surface area contributed by atoms with Crippen molar-refractivity contribution in [3.63, 3.8) is 0 Å². The molecule has 0 bridgehead atoms. The Morgan fingerprint density at radius 2 is 1.58 bits per heavy atom. The fraction of sp³-hybridized carbons (Fsp3) is 0.235. The number of amides is 1. The van der Waals surface area contributed by atoms with Crippen molar-refractivity contribution in [2.24, 2.45) is 0 Å². The number of phenols is 1. The third-order valence-electron chi connectivity index (χ3n) is 4.19. The molecular formula is C17H15F3N2O2. The maximum absolute atomic E-state index is 14.0. The monoisotopic (exact) mass is 336 g/mol. The first kappa shape index (κ1) is 16.2. The number of rotatable bonds is 1. The van der Waals surface area contributed by atoms with E-state index in [-0.39, 0.29) is 33.8 Å². The Labute approximate surface area is 136 Å². The number of aromatic hydroxyl groups is 1. The SMILES string of the molecule is Cc1cc([C@]2(C(F)(F)F)Nc3ccccc3NC2=O)cc(C)c1O. The molecule has 0 spiro atoms. The van der Waals surface area contributed by atoms with Gasteiger partial charge in [-0.15, -0.1) is 0 Å². The van der Waals surface area contributed by atoms with Gasteiger partial charge in [0.1, 0.15) is 5.75 Å². The molecular weight excluding hydrogens is 321 g/mol. The van der Waals surface area contributed by atoms with Crippen LogP contribution in [-0.4, -0.2) is 17.2 Å². The summed E-state index contributed by atoms with van der Waals surface area (Å²) in [4.78, 5) is 12.5. The molecule has 1 aliphatic heterocycles. The highest BCUT2D eigenvalue weighted by atomic mass is 19.4. The number of para-hydroxylation sites is 2. The Bertz CT molecular complexity index is 810. The third-order valence-corrected chi connectivity index (χ3v) is 4.19. The normalized spacial score (nSPS) is 20.1. The fourth-order valence-corrected chi connectivity index (χ4v) is 2.91. The fourth-order valence-electron chi connectivity index (χ4n) is 2.91. The maximum Gasteiger partial charge on any atom is 0.424 e. The molecule has 0 saturated carbocycles. The molecule has 1 amide bonds. The number of carbonyl (C=O) groups excluding carboxylic acids is 1.